The van der Waals surface area contributed by atoms with Gasteiger partial charge in [-0.05, 0) is 115 Å². The van der Waals surface area contributed by atoms with Gasteiger partial charge in [-0.25, -0.2) is 0 Å². The van der Waals surface area contributed by atoms with Crippen molar-refractivity contribution in [1.29, 1.82) is 0 Å². The Balaban J connectivity index is 0.793. The molecule has 11 heteroatoms. The summed E-state index contributed by atoms with van der Waals surface area (Å²) in [6.07, 6.45) is 8.04. The van der Waals surface area contributed by atoms with Crippen molar-refractivity contribution < 1.29 is 18.8 Å². The van der Waals surface area contributed by atoms with E-state index in [1.807, 2.05) is 18.2 Å². The van der Waals surface area contributed by atoms with Gasteiger partial charge in [0, 0.05) is 75.7 Å². The van der Waals surface area contributed by atoms with E-state index in [9.17, 15) is 18.8 Å². The number of anilines is 2. The molecule has 5 aliphatic rings. The highest BCUT2D eigenvalue weighted by Crippen LogP contribution is 2.41. The third kappa shape index (κ3) is 6.81. The number of amides is 3. The summed E-state index contributed by atoms with van der Waals surface area (Å²) in [5.41, 5.74) is 10.9. The summed E-state index contributed by atoms with van der Waals surface area (Å²) in [6, 6.07) is 18.7. The smallest absolute Gasteiger partial charge is 0.255 e. The van der Waals surface area contributed by atoms with Crippen molar-refractivity contribution in [2.75, 3.05) is 55.6 Å². The molecule has 3 fully saturated rings. The van der Waals surface area contributed by atoms with Crippen molar-refractivity contribution in [1.82, 2.24) is 25.3 Å². The molecule has 3 aromatic carbocycles. The van der Waals surface area contributed by atoms with E-state index in [2.05, 4.69) is 73.5 Å². The predicted molar refractivity (Wildman–Crippen MR) is 212 cm³/mol. The number of H-pyrrole nitrogens is 1. The van der Waals surface area contributed by atoms with Gasteiger partial charge in [0.25, 0.3) is 5.91 Å². The van der Waals surface area contributed by atoms with E-state index >= 15 is 0 Å². The first kappa shape index (κ1) is 35.7. The molecule has 5 heterocycles. The van der Waals surface area contributed by atoms with Crippen LogP contribution < -0.4 is 15.1 Å². The van der Waals surface area contributed by atoms with Gasteiger partial charge in [0.05, 0.1) is 10.9 Å². The van der Waals surface area contributed by atoms with Gasteiger partial charge in [0.15, 0.2) is 0 Å². The first-order chi connectivity index (χ1) is 26.8. The average Bonchev–Trinajstić information content (AvgIpc) is 3.68. The van der Waals surface area contributed by atoms with Crippen LogP contribution in [0.2, 0.25) is 0 Å². The molecule has 0 bridgehead atoms. The number of aryl methyl sites for hydroxylation is 1. The zero-order valence-corrected chi connectivity index (χ0v) is 31.7. The fourth-order valence-electron chi connectivity index (χ4n) is 9.86. The second-order valence-corrected chi connectivity index (χ2v) is 16.1. The Morgan fingerprint density at radius 3 is 2.33 bits per heavy atom. The van der Waals surface area contributed by atoms with Crippen LogP contribution in [0.1, 0.15) is 90.9 Å². The molecule has 4 aromatic rings. The molecule has 0 unspecified atom stereocenters. The van der Waals surface area contributed by atoms with E-state index in [-0.39, 0.29) is 30.1 Å². The molecule has 1 atom stereocenters. The van der Waals surface area contributed by atoms with Crippen LogP contribution in [0.4, 0.5) is 15.8 Å². The Morgan fingerprint density at radius 1 is 0.818 bits per heavy atom. The molecule has 55 heavy (non-hydrogen) atoms. The topological polar surface area (TPSA) is 105 Å². The monoisotopic (exact) mass is 743 g/mol. The summed E-state index contributed by atoms with van der Waals surface area (Å²) in [5, 5.41) is 9.80. The highest BCUT2D eigenvalue weighted by atomic mass is 19.1. The first-order valence-corrected chi connectivity index (χ1v) is 20.3. The van der Waals surface area contributed by atoms with Gasteiger partial charge in [0.1, 0.15) is 6.04 Å². The van der Waals surface area contributed by atoms with Gasteiger partial charge >= 0.3 is 0 Å². The second-order valence-electron chi connectivity index (χ2n) is 16.1. The van der Waals surface area contributed by atoms with E-state index in [1.54, 1.807) is 4.90 Å². The number of piperazine rings is 1. The van der Waals surface area contributed by atoms with Crippen LogP contribution in [0.3, 0.4) is 0 Å². The van der Waals surface area contributed by atoms with Crippen LogP contribution in [-0.2, 0) is 22.6 Å². The number of aromatic amines is 1. The van der Waals surface area contributed by atoms with E-state index in [4.69, 9.17) is 0 Å². The number of aromatic nitrogens is 2. The van der Waals surface area contributed by atoms with E-state index < -0.39 is 6.04 Å². The lowest BCUT2D eigenvalue weighted by atomic mass is 9.88. The molecular formula is C44H50FN7O3. The number of imide groups is 1. The highest BCUT2D eigenvalue weighted by Gasteiger charge is 2.39. The van der Waals surface area contributed by atoms with Crippen LogP contribution in [0.5, 0.6) is 0 Å². The van der Waals surface area contributed by atoms with Crippen LogP contribution >= 0.6 is 0 Å². The van der Waals surface area contributed by atoms with E-state index in [1.165, 1.54) is 35.2 Å². The lowest BCUT2D eigenvalue weighted by molar-refractivity contribution is -0.136. The summed E-state index contributed by atoms with van der Waals surface area (Å²) < 4.78 is 14.9. The van der Waals surface area contributed by atoms with Crippen molar-refractivity contribution in [2.45, 2.75) is 77.3 Å². The number of hydrogen-bond acceptors (Lipinski definition) is 7. The first-order valence-electron chi connectivity index (χ1n) is 20.3. The summed E-state index contributed by atoms with van der Waals surface area (Å²) in [4.78, 5) is 46.4. The number of benzene rings is 3. The van der Waals surface area contributed by atoms with Gasteiger partial charge < -0.3 is 14.7 Å². The maximum absolute atomic E-state index is 14.9. The van der Waals surface area contributed by atoms with Crippen molar-refractivity contribution >= 4 is 45.6 Å². The number of nitrogens with one attached hydrogen (secondary N) is 2. The molecule has 3 amide bonds. The SMILES string of the molecule is CCCC1=C(c2ccc(N3CCC(CN4CCN(c5ccc6c(c5)CN([C@H]5CCC(=O)NC5=O)C6=O)CC4)CC3)cc2)c2ccc3n[nH]c(F)c3c2CCC1. The minimum atomic E-state index is -0.590. The minimum Gasteiger partial charge on any atom is -0.372 e. The molecule has 286 valence electrons. The lowest BCUT2D eigenvalue weighted by Crippen LogP contribution is -2.52. The summed E-state index contributed by atoms with van der Waals surface area (Å²) in [7, 11) is 0. The number of carbonyl (C=O) groups is 3. The predicted octanol–water partition coefficient (Wildman–Crippen LogP) is 6.44. The van der Waals surface area contributed by atoms with E-state index in [0.29, 0.717) is 35.3 Å². The zero-order valence-electron chi connectivity index (χ0n) is 31.7. The third-order valence-corrected chi connectivity index (χ3v) is 12.8. The highest BCUT2D eigenvalue weighted by molar-refractivity contribution is 6.05. The quantitative estimate of drug-likeness (QED) is 0.200. The molecule has 0 spiro atoms. The number of nitrogens with zero attached hydrogens (tertiary/aromatic N) is 5. The molecule has 1 aromatic heterocycles. The lowest BCUT2D eigenvalue weighted by Gasteiger charge is -2.40. The molecule has 0 radical (unpaired) electrons. The van der Waals surface area contributed by atoms with Gasteiger partial charge in [-0.2, -0.15) is 9.49 Å². The number of halogens is 1. The number of fused-ring (bicyclic) bond motifs is 4. The average molecular weight is 744 g/mol. The molecule has 3 saturated heterocycles. The van der Waals surface area contributed by atoms with Crippen molar-refractivity contribution in [3.8, 4) is 0 Å². The van der Waals surface area contributed by atoms with Gasteiger partial charge in [-0.15, -0.1) is 0 Å². The number of piperidine rings is 2. The van der Waals surface area contributed by atoms with Crippen LogP contribution in [0.25, 0.3) is 16.5 Å². The Hall–Kier alpha value is -5.03. The Morgan fingerprint density at radius 2 is 1.56 bits per heavy atom. The summed E-state index contributed by atoms with van der Waals surface area (Å²) >= 11 is 0. The molecule has 10 nitrogen and oxygen atoms in total. The Kier molecular flexibility index (Phi) is 9.66. The Bertz CT molecular complexity index is 2160. The number of allylic oxidation sites excluding steroid dienone is 1. The van der Waals surface area contributed by atoms with Crippen LogP contribution in [0, 0.1) is 11.9 Å². The number of hydrogen-bond donors (Lipinski definition) is 2. The van der Waals surface area contributed by atoms with Crippen LogP contribution in [-0.4, -0.2) is 89.6 Å². The third-order valence-electron chi connectivity index (χ3n) is 12.8. The van der Waals surface area contributed by atoms with Gasteiger partial charge in [0.2, 0.25) is 17.8 Å². The molecule has 9 rings (SSSR count). The van der Waals surface area contributed by atoms with E-state index in [0.717, 1.165) is 100 Å². The minimum absolute atomic E-state index is 0.126. The summed E-state index contributed by atoms with van der Waals surface area (Å²) in [6.45, 7) is 9.78. The van der Waals surface area contributed by atoms with Gasteiger partial charge in [-0.3, -0.25) is 29.7 Å². The molecule has 1 aliphatic carbocycles. The fraction of sp³-hybridized carbons (Fsp3) is 0.455. The molecule has 2 N–H and O–H groups in total. The number of rotatable bonds is 8. The molecule has 0 saturated carbocycles. The maximum Gasteiger partial charge on any atom is 0.255 e. The second kappa shape index (κ2) is 14.9. The standard InChI is InChI=1S/C44H50FN7O3/c1-2-4-29-5-3-6-35-36(13-14-37-41(35)42(45)48-47-37)40(29)30-7-9-32(10-8-30)50-19-17-28(18-20-50)26-49-21-23-51(24-22-49)33-11-12-34-31(25-33)27-52(44(34)55)38-15-16-39(53)46-43(38)54/h7-14,25,28,38H,2-6,15-24,26-27H2,1H3,(H,47,48)(H,46,53,54)/t38-/m0/s1. The normalized spacial score (nSPS) is 21.3. The Labute approximate surface area is 321 Å². The molecular weight excluding hydrogens is 694 g/mol. The zero-order chi connectivity index (χ0) is 37.6. The van der Waals surface area contributed by atoms with Crippen molar-refractivity contribution in [3.63, 3.8) is 0 Å². The van der Waals surface area contributed by atoms with Crippen LogP contribution in [0.15, 0.2) is 60.2 Å². The molecule has 4 aliphatic heterocycles. The van der Waals surface area contributed by atoms with Gasteiger partial charge in [-0.1, -0.05) is 37.1 Å². The number of carbonyl (C=O) groups excluding carboxylic acids is 3. The summed E-state index contributed by atoms with van der Waals surface area (Å²) in [5.74, 6) is -0.423. The fourth-order valence-corrected chi connectivity index (χ4v) is 9.86. The maximum atomic E-state index is 14.9. The largest absolute Gasteiger partial charge is 0.372 e. The van der Waals surface area contributed by atoms with Crippen molar-refractivity contribution in [3.05, 3.63) is 93.9 Å². The van der Waals surface area contributed by atoms with Crippen molar-refractivity contribution in [2.24, 2.45) is 5.92 Å².